The molecule has 4 nitrogen and oxygen atoms in total. The fourth-order valence-corrected chi connectivity index (χ4v) is 2.26. The Balaban J connectivity index is 1.89. The lowest BCUT2D eigenvalue weighted by atomic mass is 10.1. The number of carbonyl (C=O) groups is 2. The van der Waals surface area contributed by atoms with Crippen molar-refractivity contribution in [3.05, 3.63) is 65.7 Å². The Kier molecular flexibility index (Phi) is 6.51. The number of rotatable bonds is 8. The van der Waals surface area contributed by atoms with Crippen molar-refractivity contribution in [3.63, 3.8) is 0 Å². The van der Waals surface area contributed by atoms with E-state index >= 15 is 0 Å². The van der Waals surface area contributed by atoms with Gasteiger partial charge in [0, 0.05) is 30.6 Å². The standard InChI is InChI=1S/C19H22N2O2/c1-2-20-14-16-10-6-7-11-17(16)21-19(23)13-12-18(22)15-8-4-3-5-9-15/h3-11,20H,2,12-14H2,1H3,(H,21,23). The second-order valence-corrected chi connectivity index (χ2v) is 5.27. The highest BCUT2D eigenvalue weighted by Crippen LogP contribution is 2.15. The van der Waals surface area contributed by atoms with E-state index in [0.717, 1.165) is 17.8 Å². The number of Topliss-reactive ketones (excluding diaryl/α,β-unsaturated/α-hetero) is 1. The van der Waals surface area contributed by atoms with Crippen LogP contribution >= 0.6 is 0 Å². The Bertz CT molecular complexity index is 653. The van der Waals surface area contributed by atoms with Gasteiger partial charge < -0.3 is 10.6 Å². The molecule has 1 amide bonds. The molecule has 2 N–H and O–H groups in total. The van der Waals surface area contributed by atoms with Gasteiger partial charge in [0.1, 0.15) is 0 Å². The molecule has 0 aliphatic rings. The van der Waals surface area contributed by atoms with Gasteiger partial charge in [-0.1, -0.05) is 55.5 Å². The SMILES string of the molecule is CCNCc1ccccc1NC(=O)CCC(=O)c1ccccc1. The molecule has 23 heavy (non-hydrogen) atoms. The van der Waals surface area contributed by atoms with Gasteiger partial charge in [-0.05, 0) is 18.2 Å². The van der Waals surface area contributed by atoms with Crippen molar-refractivity contribution in [2.45, 2.75) is 26.3 Å². The summed E-state index contributed by atoms with van der Waals surface area (Å²) in [6.45, 7) is 3.61. The van der Waals surface area contributed by atoms with Gasteiger partial charge in [-0.2, -0.15) is 0 Å². The van der Waals surface area contributed by atoms with Crippen molar-refractivity contribution in [1.82, 2.24) is 5.32 Å². The van der Waals surface area contributed by atoms with Crippen LogP contribution in [0.15, 0.2) is 54.6 Å². The quantitative estimate of drug-likeness (QED) is 0.735. The van der Waals surface area contributed by atoms with E-state index in [0.29, 0.717) is 12.1 Å². The van der Waals surface area contributed by atoms with Gasteiger partial charge in [0.2, 0.25) is 5.91 Å². The van der Waals surface area contributed by atoms with Gasteiger partial charge in [0.15, 0.2) is 5.78 Å². The number of carbonyl (C=O) groups excluding carboxylic acids is 2. The molecular weight excluding hydrogens is 288 g/mol. The molecular formula is C19H22N2O2. The van der Waals surface area contributed by atoms with Crippen LogP contribution in [0.5, 0.6) is 0 Å². The summed E-state index contributed by atoms with van der Waals surface area (Å²) in [6.07, 6.45) is 0.397. The van der Waals surface area contributed by atoms with Crippen LogP contribution in [0.3, 0.4) is 0 Å². The lowest BCUT2D eigenvalue weighted by Gasteiger charge is -2.11. The van der Waals surface area contributed by atoms with Gasteiger partial charge in [-0.15, -0.1) is 0 Å². The lowest BCUT2D eigenvalue weighted by molar-refractivity contribution is -0.116. The van der Waals surface area contributed by atoms with Crippen molar-refractivity contribution in [2.24, 2.45) is 0 Å². The molecule has 2 aromatic rings. The average molecular weight is 310 g/mol. The molecule has 0 aliphatic carbocycles. The number of benzene rings is 2. The zero-order chi connectivity index (χ0) is 16.5. The normalized spacial score (nSPS) is 10.3. The molecule has 0 radical (unpaired) electrons. The van der Waals surface area contributed by atoms with Gasteiger partial charge in [0.25, 0.3) is 0 Å². The molecule has 0 heterocycles. The number of anilines is 1. The molecule has 2 aromatic carbocycles. The van der Waals surface area contributed by atoms with E-state index in [1.807, 2.05) is 49.4 Å². The summed E-state index contributed by atoms with van der Waals surface area (Å²) in [6, 6.07) is 16.7. The Hall–Kier alpha value is -2.46. The summed E-state index contributed by atoms with van der Waals surface area (Å²) in [7, 11) is 0. The summed E-state index contributed by atoms with van der Waals surface area (Å²) in [5, 5.41) is 6.14. The number of nitrogens with one attached hydrogen (secondary N) is 2. The Morgan fingerprint density at radius 2 is 1.61 bits per heavy atom. The minimum atomic E-state index is -0.141. The van der Waals surface area contributed by atoms with Crippen molar-refractivity contribution >= 4 is 17.4 Å². The van der Waals surface area contributed by atoms with Gasteiger partial charge >= 0.3 is 0 Å². The minimum absolute atomic E-state index is 0.0123. The molecule has 0 aromatic heterocycles. The molecule has 0 aliphatic heterocycles. The Morgan fingerprint density at radius 3 is 2.35 bits per heavy atom. The summed E-state index contributed by atoms with van der Waals surface area (Å²) in [5.41, 5.74) is 2.48. The topological polar surface area (TPSA) is 58.2 Å². The van der Waals surface area contributed by atoms with Crippen LogP contribution in [0.25, 0.3) is 0 Å². The highest BCUT2D eigenvalue weighted by Gasteiger charge is 2.10. The van der Waals surface area contributed by atoms with Crippen LogP contribution in [0, 0.1) is 0 Å². The zero-order valence-corrected chi connectivity index (χ0v) is 13.3. The third kappa shape index (κ3) is 5.34. The van der Waals surface area contributed by atoms with Crippen LogP contribution < -0.4 is 10.6 Å². The number of hydrogen-bond donors (Lipinski definition) is 2. The van der Waals surface area contributed by atoms with E-state index in [-0.39, 0.29) is 24.5 Å². The van der Waals surface area contributed by atoms with Crippen molar-refractivity contribution < 1.29 is 9.59 Å². The van der Waals surface area contributed by atoms with E-state index in [9.17, 15) is 9.59 Å². The first-order valence-electron chi connectivity index (χ1n) is 7.87. The van der Waals surface area contributed by atoms with E-state index in [1.165, 1.54) is 0 Å². The number of para-hydroxylation sites is 1. The molecule has 0 saturated heterocycles. The van der Waals surface area contributed by atoms with Crippen LogP contribution in [-0.2, 0) is 11.3 Å². The fourth-order valence-electron chi connectivity index (χ4n) is 2.26. The summed E-state index contributed by atoms with van der Waals surface area (Å²) < 4.78 is 0. The second-order valence-electron chi connectivity index (χ2n) is 5.27. The van der Waals surface area contributed by atoms with Crippen molar-refractivity contribution in [3.8, 4) is 0 Å². The molecule has 0 fully saturated rings. The highest BCUT2D eigenvalue weighted by molar-refractivity contribution is 6.00. The van der Waals surface area contributed by atoms with Crippen LogP contribution in [0.2, 0.25) is 0 Å². The fraction of sp³-hybridized carbons (Fsp3) is 0.263. The predicted octanol–water partition coefficient (Wildman–Crippen LogP) is 3.40. The molecule has 0 bridgehead atoms. The van der Waals surface area contributed by atoms with E-state index < -0.39 is 0 Å². The molecule has 2 rings (SSSR count). The van der Waals surface area contributed by atoms with Gasteiger partial charge in [-0.25, -0.2) is 0 Å². The Morgan fingerprint density at radius 1 is 0.913 bits per heavy atom. The monoisotopic (exact) mass is 310 g/mol. The molecule has 120 valence electrons. The highest BCUT2D eigenvalue weighted by atomic mass is 16.2. The van der Waals surface area contributed by atoms with Crippen LogP contribution in [0.1, 0.15) is 35.7 Å². The maximum absolute atomic E-state index is 12.1. The maximum atomic E-state index is 12.1. The van der Waals surface area contributed by atoms with Gasteiger partial charge in [0.05, 0.1) is 0 Å². The van der Waals surface area contributed by atoms with Gasteiger partial charge in [-0.3, -0.25) is 9.59 Å². The molecule has 0 atom stereocenters. The summed E-state index contributed by atoms with van der Waals surface area (Å²) in [4.78, 5) is 24.1. The number of ketones is 1. The summed E-state index contributed by atoms with van der Waals surface area (Å²) >= 11 is 0. The Labute approximate surface area is 136 Å². The average Bonchev–Trinajstić information content (AvgIpc) is 2.59. The minimum Gasteiger partial charge on any atom is -0.326 e. The predicted molar refractivity (Wildman–Crippen MR) is 92.5 cm³/mol. The van der Waals surface area contributed by atoms with Crippen LogP contribution in [-0.4, -0.2) is 18.2 Å². The van der Waals surface area contributed by atoms with Crippen LogP contribution in [0.4, 0.5) is 5.69 Å². The first kappa shape index (κ1) is 16.9. The smallest absolute Gasteiger partial charge is 0.224 e. The van der Waals surface area contributed by atoms with E-state index in [2.05, 4.69) is 10.6 Å². The number of amides is 1. The number of hydrogen-bond acceptors (Lipinski definition) is 3. The van der Waals surface area contributed by atoms with E-state index in [4.69, 9.17) is 0 Å². The lowest BCUT2D eigenvalue weighted by Crippen LogP contribution is -2.17. The van der Waals surface area contributed by atoms with Crippen molar-refractivity contribution in [1.29, 1.82) is 0 Å². The second kappa shape index (κ2) is 8.86. The third-order valence-corrected chi connectivity index (χ3v) is 3.53. The largest absolute Gasteiger partial charge is 0.326 e. The van der Waals surface area contributed by atoms with Crippen molar-refractivity contribution in [2.75, 3.05) is 11.9 Å². The molecule has 0 spiro atoms. The first-order valence-corrected chi connectivity index (χ1v) is 7.87. The zero-order valence-electron chi connectivity index (χ0n) is 13.3. The molecule has 0 saturated carbocycles. The maximum Gasteiger partial charge on any atom is 0.224 e. The molecule has 0 unspecified atom stereocenters. The van der Waals surface area contributed by atoms with E-state index in [1.54, 1.807) is 12.1 Å². The summed E-state index contributed by atoms with van der Waals surface area (Å²) in [5.74, 6) is -0.153. The first-order chi connectivity index (χ1) is 11.2. The third-order valence-electron chi connectivity index (χ3n) is 3.53. The molecule has 4 heteroatoms.